The molecule has 0 aliphatic rings. The molecule has 7 nitrogen and oxygen atoms in total. The van der Waals surface area contributed by atoms with Crippen molar-refractivity contribution in [3.05, 3.63) is 60.2 Å². The SMILES string of the molecule is COc1ccc(/C=N\OCC(=O)O[C@H](C)C(=O)Nc2ccccc2)cc1. The molecule has 0 aliphatic carbocycles. The van der Waals surface area contributed by atoms with Crippen molar-refractivity contribution in [2.45, 2.75) is 13.0 Å². The molecule has 0 aliphatic heterocycles. The summed E-state index contributed by atoms with van der Waals surface area (Å²) in [4.78, 5) is 28.5. The second-order valence-corrected chi connectivity index (χ2v) is 5.27. The summed E-state index contributed by atoms with van der Waals surface area (Å²) in [5.41, 5.74) is 1.41. The summed E-state index contributed by atoms with van der Waals surface area (Å²) in [6, 6.07) is 16.0. The maximum atomic E-state index is 11.9. The van der Waals surface area contributed by atoms with Crippen LogP contribution in [0, 0.1) is 0 Å². The predicted molar refractivity (Wildman–Crippen MR) is 97.2 cm³/mol. The lowest BCUT2D eigenvalue weighted by atomic mass is 10.2. The van der Waals surface area contributed by atoms with Crippen LogP contribution < -0.4 is 10.1 Å². The molecule has 0 saturated carbocycles. The molecule has 2 aromatic carbocycles. The molecule has 1 atom stereocenters. The summed E-state index contributed by atoms with van der Waals surface area (Å²) in [6.07, 6.45) is 0.509. The van der Waals surface area contributed by atoms with Crippen LogP contribution in [0.4, 0.5) is 5.69 Å². The predicted octanol–water partition coefficient (Wildman–Crippen LogP) is 2.62. The molecule has 0 radical (unpaired) electrons. The van der Waals surface area contributed by atoms with Gasteiger partial charge in [-0.1, -0.05) is 23.4 Å². The number of carbonyl (C=O) groups excluding carboxylic acids is 2. The van der Waals surface area contributed by atoms with E-state index >= 15 is 0 Å². The van der Waals surface area contributed by atoms with Crippen LogP contribution in [0.1, 0.15) is 12.5 Å². The number of carbonyl (C=O) groups is 2. The van der Waals surface area contributed by atoms with Gasteiger partial charge in [-0.25, -0.2) is 4.79 Å². The molecule has 136 valence electrons. The van der Waals surface area contributed by atoms with Gasteiger partial charge in [0.2, 0.25) is 6.61 Å². The highest BCUT2D eigenvalue weighted by Crippen LogP contribution is 2.10. The number of para-hydroxylation sites is 1. The van der Waals surface area contributed by atoms with Crippen molar-refractivity contribution < 1.29 is 23.9 Å². The van der Waals surface area contributed by atoms with Gasteiger partial charge in [-0.05, 0) is 48.9 Å². The van der Waals surface area contributed by atoms with E-state index in [0.29, 0.717) is 5.69 Å². The Labute approximate surface area is 151 Å². The molecule has 0 spiro atoms. The van der Waals surface area contributed by atoms with E-state index in [0.717, 1.165) is 11.3 Å². The van der Waals surface area contributed by atoms with Crippen LogP contribution in [0.15, 0.2) is 59.8 Å². The average molecular weight is 356 g/mol. The Bertz CT molecular complexity index is 744. The molecular weight excluding hydrogens is 336 g/mol. The summed E-state index contributed by atoms with van der Waals surface area (Å²) in [6.45, 7) is 1.09. The van der Waals surface area contributed by atoms with Gasteiger partial charge in [-0.3, -0.25) is 4.79 Å². The first kappa shape index (κ1) is 19.0. The number of nitrogens with zero attached hydrogens (tertiary/aromatic N) is 1. The smallest absolute Gasteiger partial charge is 0.347 e. The Morgan fingerprint density at radius 1 is 1.12 bits per heavy atom. The third-order valence-electron chi connectivity index (χ3n) is 3.29. The number of hydrogen-bond donors (Lipinski definition) is 1. The van der Waals surface area contributed by atoms with Crippen molar-refractivity contribution in [1.29, 1.82) is 0 Å². The minimum absolute atomic E-state index is 0.393. The van der Waals surface area contributed by atoms with Gasteiger partial charge in [0.05, 0.1) is 13.3 Å². The first-order valence-electron chi connectivity index (χ1n) is 7.93. The number of oxime groups is 1. The van der Waals surface area contributed by atoms with Gasteiger partial charge in [0, 0.05) is 5.69 Å². The van der Waals surface area contributed by atoms with Gasteiger partial charge in [0.25, 0.3) is 5.91 Å². The zero-order valence-corrected chi connectivity index (χ0v) is 14.5. The van der Waals surface area contributed by atoms with Crippen LogP contribution in [0.3, 0.4) is 0 Å². The Balaban J connectivity index is 1.71. The van der Waals surface area contributed by atoms with Crippen molar-refractivity contribution in [3.8, 4) is 5.75 Å². The van der Waals surface area contributed by atoms with Crippen LogP contribution >= 0.6 is 0 Å². The van der Waals surface area contributed by atoms with Crippen LogP contribution in [-0.2, 0) is 19.2 Å². The third-order valence-corrected chi connectivity index (χ3v) is 3.29. The van der Waals surface area contributed by atoms with Crippen LogP contribution in [0.25, 0.3) is 0 Å². The van der Waals surface area contributed by atoms with Crippen molar-refractivity contribution in [2.75, 3.05) is 19.0 Å². The maximum absolute atomic E-state index is 11.9. The first-order valence-corrected chi connectivity index (χ1v) is 7.93. The van der Waals surface area contributed by atoms with Crippen molar-refractivity contribution >= 4 is 23.8 Å². The van der Waals surface area contributed by atoms with Crippen molar-refractivity contribution in [1.82, 2.24) is 0 Å². The molecule has 0 fully saturated rings. The minimum atomic E-state index is -0.947. The molecule has 26 heavy (non-hydrogen) atoms. The molecule has 1 N–H and O–H groups in total. The van der Waals surface area contributed by atoms with Gasteiger partial charge in [0.15, 0.2) is 6.10 Å². The Morgan fingerprint density at radius 2 is 1.81 bits per heavy atom. The zero-order valence-electron chi connectivity index (χ0n) is 14.5. The molecule has 0 unspecified atom stereocenters. The van der Waals surface area contributed by atoms with Crippen LogP contribution in [-0.4, -0.2) is 37.9 Å². The standard InChI is InChI=1S/C19H20N2O5/c1-14(19(23)21-16-6-4-3-5-7-16)26-18(22)13-25-20-12-15-8-10-17(24-2)11-9-15/h3-12,14H,13H2,1-2H3,(H,21,23)/b20-12-/t14-/m1/s1. The molecule has 1 amide bonds. The van der Waals surface area contributed by atoms with Gasteiger partial charge in [0.1, 0.15) is 5.75 Å². The highest BCUT2D eigenvalue weighted by molar-refractivity contribution is 5.95. The zero-order chi connectivity index (χ0) is 18.8. The lowest BCUT2D eigenvalue weighted by molar-refractivity contribution is -0.157. The molecule has 7 heteroatoms. The summed E-state index contributed by atoms with van der Waals surface area (Å²) in [5.74, 6) is -0.381. The molecular formula is C19H20N2O5. The number of amides is 1. The molecule has 2 rings (SSSR count). The fraction of sp³-hybridized carbons (Fsp3) is 0.211. The highest BCUT2D eigenvalue weighted by atomic mass is 16.7. The molecule has 2 aromatic rings. The van der Waals surface area contributed by atoms with Crippen molar-refractivity contribution in [2.24, 2.45) is 5.16 Å². The van der Waals surface area contributed by atoms with Gasteiger partial charge >= 0.3 is 5.97 Å². The normalized spacial score (nSPS) is 11.6. The van der Waals surface area contributed by atoms with E-state index in [1.807, 2.05) is 6.07 Å². The highest BCUT2D eigenvalue weighted by Gasteiger charge is 2.18. The van der Waals surface area contributed by atoms with E-state index in [2.05, 4.69) is 10.5 Å². The lowest BCUT2D eigenvalue weighted by Gasteiger charge is -2.13. The van der Waals surface area contributed by atoms with Gasteiger partial charge in [-0.2, -0.15) is 0 Å². The van der Waals surface area contributed by atoms with E-state index in [4.69, 9.17) is 14.3 Å². The van der Waals surface area contributed by atoms with Gasteiger partial charge < -0.3 is 19.6 Å². The first-order chi connectivity index (χ1) is 12.6. The number of ether oxygens (including phenoxy) is 2. The molecule has 0 heterocycles. The largest absolute Gasteiger partial charge is 0.497 e. The summed E-state index contributed by atoms with van der Waals surface area (Å²) in [5, 5.41) is 6.34. The molecule has 0 bridgehead atoms. The monoisotopic (exact) mass is 356 g/mol. The summed E-state index contributed by atoms with van der Waals surface area (Å²) >= 11 is 0. The maximum Gasteiger partial charge on any atom is 0.347 e. The third kappa shape index (κ3) is 6.27. The Kier molecular flexibility index (Phi) is 7.17. The molecule has 0 aromatic heterocycles. The second-order valence-electron chi connectivity index (χ2n) is 5.27. The van der Waals surface area contributed by atoms with E-state index in [-0.39, 0.29) is 0 Å². The number of rotatable bonds is 8. The minimum Gasteiger partial charge on any atom is -0.497 e. The van der Waals surface area contributed by atoms with E-state index in [1.54, 1.807) is 55.6 Å². The number of hydrogen-bond acceptors (Lipinski definition) is 6. The van der Waals surface area contributed by atoms with E-state index in [1.165, 1.54) is 13.1 Å². The second kappa shape index (κ2) is 9.83. The van der Waals surface area contributed by atoms with Gasteiger partial charge in [-0.15, -0.1) is 0 Å². The Hall–Kier alpha value is -3.35. The number of benzene rings is 2. The number of anilines is 1. The fourth-order valence-electron chi connectivity index (χ4n) is 1.93. The Morgan fingerprint density at radius 3 is 2.46 bits per heavy atom. The summed E-state index contributed by atoms with van der Waals surface area (Å²) in [7, 11) is 1.58. The van der Waals surface area contributed by atoms with Crippen molar-refractivity contribution in [3.63, 3.8) is 0 Å². The fourth-order valence-corrected chi connectivity index (χ4v) is 1.93. The summed E-state index contributed by atoms with van der Waals surface area (Å²) < 4.78 is 10.1. The van der Waals surface area contributed by atoms with Crippen LogP contribution in [0.2, 0.25) is 0 Å². The quantitative estimate of drug-likeness (QED) is 0.446. The topological polar surface area (TPSA) is 86.2 Å². The number of esters is 1. The van der Waals surface area contributed by atoms with Crippen LogP contribution in [0.5, 0.6) is 5.75 Å². The molecule has 0 saturated heterocycles. The number of nitrogens with one attached hydrogen (secondary N) is 1. The van der Waals surface area contributed by atoms with E-state index < -0.39 is 24.6 Å². The van der Waals surface area contributed by atoms with E-state index in [9.17, 15) is 9.59 Å². The average Bonchev–Trinajstić information content (AvgIpc) is 2.66. The number of methoxy groups -OCH3 is 1. The lowest BCUT2D eigenvalue weighted by Crippen LogP contribution is -2.31.